The van der Waals surface area contributed by atoms with Crippen LogP contribution in [0.2, 0.25) is 0 Å². The Morgan fingerprint density at radius 2 is 1.30 bits per heavy atom. The van der Waals surface area contributed by atoms with Gasteiger partial charge in [0.1, 0.15) is 5.92 Å². The van der Waals surface area contributed by atoms with Crippen molar-refractivity contribution in [3.05, 3.63) is 143 Å². The lowest BCUT2D eigenvalue weighted by Gasteiger charge is -2.17. The molecule has 1 fully saturated rings. The fraction of sp³-hybridized carbons (Fsp3) is 0.188. The van der Waals surface area contributed by atoms with Crippen LogP contribution in [0.3, 0.4) is 0 Å². The molecule has 5 nitrogen and oxygen atoms in total. The summed E-state index contributed by atoms with van der Waals surface area (Å²) in [6.07, 6.45) is -0.156. The summed E-state index contributed by atoms with van der Waals surface area (Å²) in [7, 11) is 0. The maximum atomic E-state index is 13.6. The molecule has 5 heteroatoms. The average molecular weight is 490 g/mol. The van der Waals surface area contributed by atoms with E-state index in [1.807, 2.05) is 60.7 Å². The number of fused-ring (bicyclic) bond motifs is 1. The fourth-order valence-corrected chi connectivity index (χ4v) is 5.67. The van der Waals surface area contributed by atoms with E-state index >= 15 is 0 Å². The predicted octanol–water partition coefficient (Wildman–Crippen LogP) is 5.39. The number of aliphatic hydroxyl groups is 1. The van der Waals surface area contributed by atoms with Gasteiger partial charge < -0.3 is 9.94 Å². The summed E-state index contributed by atoms with van der Waals surface area (Å²) in [4.78, 5) is 31.5. The van der Waals surface area contributed by atoms with E-state index in [1.165, 1.54) is 0 Å². The Balaban J connectivity index is 1.15. The van der Waals surface area contributed by atoms with E-state index in [1.54, 1.807) is 24.3 Å². The summed E-state index contributed by atoms with van der Waals surface area (Å²) in [6, 6.07) is 34.2. The van der Waals surface area contributed by atoms with Gasteiger partial charge in [0, 0.05) is 18.3 Å². The third-order valence-corrected chi connectivity index (χ3v) is 7.58. The highest BCUT2D eigenvalue weighted by Gasteiger charge is 2.61. The van der Waals surface area contributed by atoms with Gasteiger partial charge in [-0.1, -0.05) is 84.9 Å². The molecule has 2 aliphatic rings. The van der Waals surface area contributed by atoms with Crippen LogP contribution in [0, 0.1) is 5.92 Å². The van der Waals surface area contributed by atoms with E-state index < -0.39 is 18.1 Å². The molecule has 0 spiro atoms. The molecule has 0 heterocycles. The minimum absolute atomic E-state index is 0.0754. The maximum absolute atomic E-state index is 13.6. The molecule has 0 saturated heterocycles. The molecule has 0 aromatic heterocycles. The zero-order valence-electron chi connectivity index (χ0n) is 20.2. The quantitative estimate of drug-likeness (QED) is 0.207. The molecule has 4 aromatic rings. The number of carbonyl (C=O) groups excluding carboxylic acids is 2. The summed E-state index contributed by atoms with van der Waals surface area (Å²) in [6.45, 7) is 0. The predicted molar refractivity (Wildman–Crippen MR) is 140 cm³/mol. The van der Waals surface area contributed by atoms with Crippen LogP contribution in [-0.2, 0) is 11.3 Å². The van der Waals surface area contributed by atoms with Crippen LogP contribution in [0.15, 0.2) is 109 Å². The summed E-state index contributed by atoms with van der Waals surface area (Å²) in [5.41, 5.74) is 7.93. The topological polar surface area (TPSA) is 78.5 Å². The van der Waals surface area contributed by atoms with Gasteiger partial charge >= 0.3 is 11.8 Å². The first kappa shape index (κ1) is 23.3. The second-order valence-corrected chi connectivity index (χ2v) is 9.80. The molecule has 1 radical (unpaired) electrons. The molecular weight excluding hydrogens is 462 g/mol. The molecule has 6 rings (SSSR count). The highest BCUT2D eigenvalue weighted by molar-refractivity contribution is 6.02. The lowest BCUT2D eigenvalue weighted by Crippen LogP contribution is -2.31. The molecule has 37 heavy (non-hydrogen) atoms. The third-order valence-electron chi connectivity index (χ3n) is 7.58. The van der Waals surface area contributed by atoms with Crippen molar-refractivity contribution in [1.29, 1.82) is 0 Å². The first-order valence-electron chi connectivity index (χ1n) is 12.6. The van der Waals surface area contributed by atoms with Crippen LogP contribution >= 0.6 is 0 Å². The van der Waals surface area contributed by atoms with Crippen molar-refractivity contribution in [2.24, 2.45) is 5.92 Å². The van der Waals surface area contributed by atoms with E-state index in [9.17, 15) is 14.7 Å². The molecule has 2 aliphatic carbocycles. The Morgan fingerprint density at radius 1 is 0.757 bits per heavy atom. The Morgan fingerprint density at radius 3 is 1.92 bits per heavy atom. The molecular formula is C32H27NO4+. The van der Waals surface area contributed by atoms with Gasteiger partial charge in [-0.15, -0.1) is 5.48 Å². The van der Waals surface area contributed by atoms with Crippen molar-refractivity contribution in [3.63, 3.8) is 0 Å². The van der Waals surface area contributed by atoms with E-state index in [0.29, 0.717) is 17.5 Å². The van der Waals surface area contributed by atoms with Gasteiger partial charge in [-0.05, 0) is 46.5 Å². The summed E-state index contributed by atoms with van der Waals surface area (Å²) in [5, 5.41) is 10.4. The lowest BCUT2D eigenvalue weighted by molar-refractivity contribution is -0.00332. The van der Waals surface area contributed by atoms with Crippen LogP contribution in [0.5, 0.6) is 0 Å². The SMILES string of the molecule is O=C(ON[C@@H]1c2ccccc2C[C@@H]1O)c1ccc(C(=[O+])C2[C@@H](c3ccccc3)[C@H]2c2ccccc2)cc1. The monoisotopic (exact) mass is 489 g/mol. The molecule has 0 bridgehead atoms. The van der Waals surface area contributed by atoms with E-state index in [-0.39, 0.29) is 23.5 Å². The number of hydrogen-bond acceptors (Lipinski definition) is 5. The Kier molecular flexibility index (Phi) is 6.16. The summed E-state index contributed by atoms with van der Waals surface area (Å²) in [5.74, 6) is -0.373. The standard InChI is InChI=1S/C32H27NO4/c34-26-19-24-13-7-8-14-25(24)30(26)33-37-32(36)23-17-15-22(16-18-23)31(35)29-27(20-9-3-1-4-10-20)28(29)21-11-5-2-6-12-21/h1-18,26-30,33-34H,19H2/q+1/t26-,27-,28+,29?,30+/m0/s1. The van der Waals surface area contributed by atoms with Crippen molar-refractivity contribution in [1.82, 2.24) is 5.48 Å². The van der Waals surface area contributed by atoms with Crippen molar-refractivity contribution in [2.75, 3.05) is 0 Å². The highest BCUT2D eigenvalue weighted by Crippen LogP contribution is 2.61. The number of ketones is 1. The van der Waals surface area contributed by atoms with Gasteiger partial charge in [-0.25, -0.2) is 4.79 Å². The Bertz CT molecular complexity index is 1370. The van der Waals surface area contributed by atoms with Gasteiger partial charge in [0.15, 0.2) is 0 Å². The number of hydroxylamine groups is 1. The maximum Gasteiger partial charge on any atom is 0.478 e. The average Bonchev–Trinajstić information content (AvgIpc) is 3.62. The molecule has 1 unspecified atom stereocenters. The van der Waals surface area contributed by atoms with Gasteiger partial charge in [0.2, 0.25) is 4.79 Å². The van der Waals surface area contributed by atoms with Gasteiger partial charge in [0.05, 0.1) is 23.3 Å². The second-order valence-electron chi connectivity index (χ2n) is 9.80. The Labute approximate surface area is 215 Å². The van der Waals surface area contributed by atoms with Crippen molar-refractivity contribution in [2.45, 2.75) is 30.4 Å². The molecule has 2 N–H and O–H groups in total. The lowest BCUT2D eigenvalue weighted by atomic mass is 10.0. The number of hydrogen-bond donors (Lipinski definition) is 2. The Hall–Kier alpha value is -4.06. The van der Waals surface area contributed by atoms with E-state index in [2.05, 4.69) is 29.7 Å². The van der Waals surface area contributed by atoms with Gasteiger partial charge in [-0.2, -0.15) is 0 Å². The minimum Gasteiger partial charge on any atom is -0.391 e. The van der Waals surface area contributed by atoms with Crippen molar-refractivity contribution < 1.29 is 19.5 Å². The molecule has 1 saturated carbocycles. The molecule has 183 valence electrons. The smallest absolute Gasteiger partial charge is 0.391 e. The summed E-state index contributed by atoms with van der Waals surface area (Å²) < 4.78 is 0. The number of nitrogens with one attached hydrogen (secondary N) is 1. The zero-order valence-corrected chi connectivity index (χ0v) is 20.2. The number of carbonyl (C=O) groups is 2. The first-order valence-corrected chi connectivity index (χ1v) is 12.6. The van der Waals surface area contributed by atoms with Crippen LogP contribution < -0.4 is 5.48 Å². The molecule has 5 atom stereocenters. The highest BCUT2D eigenvalue weighted by atomic mass is 16.7. The third kappa shape index (κ3) is 4.48. The fourth-order valence-electron chi connectivity index (χ4n) is 5.67. The molecule has 0 amide bonds. The largest absolute Gasteiger partial charge is 0.478 e. The molecule has 4 aromatic carbocycles. The summed E-state index contributed by atoms with van der Waals surface area (Å²) >= 11 is 0. The zero-order chi connectivity index (χ0) is 25.4. The number of aliphatic hydroxyl groups excluding tert-OH is 1. The van der Waals surface area contributed by atoms with Gasteiger partial charge in [0.25, 0.3) is 0 Å². The van der Waals surface area contributed by atoms with E-state index in [4.69, 9.17) is 4.84 Å². The number of rotatable bonds is 7. The van der Waals surface area contributed by atoms with Crippen LogP contribution in [0.1, 0.15) is 60.8 Å². The normalized spacial score (nSPS) is 23.8. The minimum atomic E-state index is -0.668. The van der Waals surface area contributed by atoms with Crippen LogP contribution in [0.25, 0.3) is 0 Å². The first-order chi connectivity index (χ1) is 18.1. The van der Waals surface area contributed by atoms with Crippen molar-refractivity contribution >= 4 is 11.8 Å². The molecule has 0 aliphatic heterocycles. The van der Waals surface area contributed by atoms with Crippen molar-refractivity contribution in [3.8, 4) is 0 Å². The number of benzene rings is 4. The van der Waals surface area contributed by atoms with Crippen LogP contribution in [-0.4, -0.2) is 23.0 Å². The van der Waals surface area contributed by atoms with E-state index in [0.717, 1.165) is 22.3 Å². The number of Topliss-reactive ketones (excluding diaryl/α,β-unsaturated/α-hetero) is 1. The second kappa shape index (κ2) is 9.77. The van der Waals surface area contributed by atoms with Gasteiger partial charge in [-0.3, -0.25) is 0 Å². The van der Waals surface area contributed by atoms with Crippen LogP contribution in [0.4, 0.5) is 0 Å².